The zero-order valence-corrected chi connectivity index (χ0v) is 19.7. The summed E-state index contributed by atoms with van der Waals surface area (Å²) in [6.45, 7) is 3.90. The van der Waals surface area contributed by atoms with Crippen LogP contribution in [-0.2, 0) is 16.8 Å². The molecule has 1 aromatic carbocycles. The molecular weight excluding hydrogens is 460 g/mol. The van der Waals surface area contributed by atoms with E-state index in [0.717, 1.165) is 6.07 Å². The quantitative estimate of drug-likeness (QED) is 0.609. The Morgan fingerprint density at radius 3 is 2.51 bits per heavy atom. The monoisotopic (exact) mass is 487 g/mol. The Labute approximate surface area is 200 Å². The van der Waals surface area contributed by atoms with Crippen LogP contribution >= 0.6 is 0 Å². The molecule has 186 valence electrons. The van der Waals surface area contributed by atoms with Gasteiger partial charge in [0.2, 0.25) is 11.3 Å². The zero-order valence-electron chi connectivity index (χ0n) is 19.7. The first-order valence-electron chi connectivity index (χ1n) is 11.5. The lowest BCUT2D eigenvalue weighted by atomic mass is 9.66. The summed E-state index contributed by atoms with van der Waals surface area (Å²) in [4.78, 5) is 52.8. The Hall–Kier alpha value is -3.56. The Morgan fingerprint density at radius 2 is 1.91 bits per heavy atom. The van der Waals surface area contributed by atoms with Crippen LogP contribution in [0.5, 0.6) is 5.75 Å². The van der Waals surface area contributed by atoms with Crippen molar-refractivity contribution in [2.45, 2.75) is 51.1 Å². The molecule has 2 aromatic rings. The van der Waals surface area contributed by atoms with Gasteiger partial charge in [0, 0.05) is 44.2 Å². The average Bonchev–Trinajstić information content (AvgIpc) is 2.78. The highest BCUT2D eigenvalue weighted by Gasteiger charge is 2.54. The molecule has 0 unspecified atom stereocenters. The minimum atomic E-state index is -0.975. The minimum absolute atomic E-state index is 0.0726. The number of carbonyl (C=O) groups excluding carboxylic acids is 3. The third-order valence-electron chi connectivity index (χ3n) is 7.05. The molecule has 1 aliphatic heterocycles. The molecule has 0 bridgehead atoms. The van der Waals surface area contributed by atoms with Crippen molar-refractivity contribution in [2.24, 2.45) is 5.92 Å². The fourth-order valence-electron chi connectivity index (χ4n) is 5.08. The van der Waals surface area contributed by atoms with E-state index in [9.17, 15) is 33.1 Å². The van der Waals surface area contributed by atoms with Gasteiger partial charge in [-0.05, 0) is 44.7 Å². The standard InChI is InChI=1S/C25H27F2N3O5/c1-13(2)29-12-25(9-15(10-25)23(34)28-3)30-11-17(21(32)22(33)20(30)24(29)35)19(31)7-5-14-4-6-16(26)8-18(14)27/h4,6,8,11,13,15,33H,5,7,9-10,12H2,1-3H3,(H,28,34). The van der Waals surface area contributed by atoms with Crippen LogP contribution in [0.4, 0.5) is 8.78 Å². The number of aromatic hydroxyl groups is 1. The number of fused-ring (bicyclic) bond motifs is 2. The van der Waals surface area contributed by atoms with Crippen molar-refractivity contribution in [1.29, 1.82) is 0 Å². The first kappa shape index (κ1) is 24.6. The molecule has 2 amide bonds. The summed E-state index contributed by atoms with van der Waals surface area (Å²) >= 11 is 0. The minimum Gasteiger partial charge on any atom is -0.503 e. The van der Waals surface area contributed by atoms with Crippen LogP contribution in [0.2, 0.25) is 0 Å². The molecule has 1 saturated carbocycles. The van der Waals surface area contributed by atoms with Gasteiger partial charge in [0.15, 0.2) is 17.2 Å². The first-order chi connectivity index (χ1) is 16.5. The molecule has 8 nitrogen and oxygen atoms in total. The number of amides is 2. The molecule has 2 aliphatic rings. The SMILES string of the molecule is CNC(=O)C1CC2(C1)CN(C(C)C)C(=O)c1c(O)c(=O)c(C(=O)CCc3ccc(F)cc3F)cn12. The summed E-state index contributed by atoms with van der Waals surface area (Å²) < 4.78 is 28.6. The number of hydrogen-bond donors (Lipinski definition) is 2. The van der Waals surface area contributed by atoms with Gasteiger partial charge in [0.05, 0.1) is 11.1 Å². The van der Waals surface area contributed by atoms with Crippen molar-refractivity contribution in [2.75, 3.05) is 13.6 Å². The Morgan fingerprint density at radius 1 is 1.23 bits per heavy atom. The van der Waals surface area contributed by atoms with Crippen molar-refractivity contribution < 1.29 is 28.3 Å². The normalized spacial score (nSPS) is 21.1. The van der Waals surface area contributed by atoms with Crippen molar-refractivity contribution in [3.05, 3.63) is 63.1 Å². The summed E-state index contributed by atoms with van der Waals surface area (Å²) in [7, 11) is 1.54. The van der Waals surface area contributed by atoms with Crippen LogP contribution < -0.4 is 10.7 Å². The maximum Gasteiger partial charge on any atom is 0.274 e. The summed E-state index contributed by atoms with van der Waals surface area (Å²) in [5, 5.41) is 13.4. The second kappa shape index (κ2) is 8.90. The van der Waals surface area contributed by atoms with Crippen LogP contribution in [0.15, 0.2) is 29.2 Å². The maximum atomic E-state index is 14.0. The number of hydrogen-bond acceptors (Lipinski definition) is 5. The van der Waals surface area contributed by atoms with E-state index in [1.807, 2.05) is 13.8 Å². The molecule has 1 fully saturated rings. The van der Waals surface area contributed by atoms with E-state index in [1.165, 1.54) is 23.9 Å². The number of nitrogens with zero attached hydrogens (tertiary/aromatic N) is 2. The van der Waals surface area contributed by atoms with E-state index in [-0.39, 0.29) is 54.1 Å². The van der Waals surface area contributed by atoms with E-state index in [2.05, 4.69) is 5.32 Å². The van der Waals surface area contributed by atoms with E-state index < -0.39 is 40.0 Å². The summed E-state index contributed by atoms with van der Waals surface area (Å²) in [5.41, 5.74) is -2.13. The number of Topliss-reactive ketones (excluding diaryl/α,β-unsaturated/α-hetero) is 1. The number of aryl methyl sites for hydroxylation is 1. The molecule has 0 radical (unpaired) electrons. The van der Waals surface area contributed by atoms with E-state index >= 15 is 0 Å². The molecule has 1 aliphatic carbocycles. The van der Waals surface area contributed by atoms with Crippen LogP contribution in [0.25, 0.3) is 0 Å². The number of halogens is 2. The van der Waals surface area contributed by atoms with Gasteiger partial charge in [0.1, 0.15) is 11.6 Å². The molecule has 10 heteroatoms. The second-order valence-electron chi connectivity index (χ2n) is 9.57. The maximum absolute atomic E-state index is 14.0. The molecule has 0 atom stereocenters. The van der Waals surface area contributed by atoms with Crippen LogP contribution in [-0.4, -0.2) is 51.8 Å². The number of carbonyl (C=O) groups is 3. The van der Waals surface area contributed by atoms with Gasteiger partial charge < -0.3 is 19.9 Å². The van der Waals surface area contributed by atoms with E-state index in [4.69, 9.17) is 0 Å². The molecule has 2 heterocycles. The largest absolute Gasteiger partial charge is 0.503 e. The van der Waals surface area contributed by atoms with Crippen LogP contribution in [0.1, 0.15) is 59.5 Å². The van der Waals surface area contributed by atoms with Crippen LogP contribution in [0.3, 0.4) is 0 Å². The number of pyridine rings is 1. The Balaban J connectivity index is 1.72. The molecule has 1 spiro atoms. The van der Waals surface area contributed by atoms with Gasteiger partial charge in [-0.2, -0.15) is 0 Å². The number of aromatic nitrogens is 1. The summed E-state index contributed by atoms with van der Waals surface area (Å²) in [6, 6.07) is 2.82. The van der Waals surface area contributed by atoms with Gasteiger partial charge >= 0.3 is 0 Å². The van der Waals surface area contributed by atoms with Crippen molar-refractivity contribution >= 4 is 17.6 Å². The second-order valence-corrected chi connectivity index (χ2v) is 9.57. The van der Waals surface area contributed by atoms with E-state index in [0.29, 0.717) is 18.9 Å². The zero-order chi connectivity index (χ0) is 25.7. The molecular formula is C25H27F2N3O5. The number of nitrogens with one attached hydrogen (secondary N) is 1. The fourth-order valence-corrected chi connectivity index (χ4v) is 5.08. The van der Waals surface area contributed by atoms with Gasteiger partial charge in [-0.15, -0.1) is 0 Å². The van der Waals surface area contributed by atoms with Gasteiger partial charge in [-0.25, -0.2) is 8.78 Å². The summed E-state index contributed by atoms with van der Waals surface area (Å²) in [5.74, 6) is -3.98. The Kier molecular flexibility index (Phi) is 6.25. The van der Waals surface area contributed by atoms with Crippen LogP contribution in [0, 0.1) is 17.6 Å². The lowest BCUT2D eigenvalue weighted by molar-refractivity contribution is -0.132. The molecule has 1 aromatic heterocycles. The molecule has 35 heavy (non-hydrogen) atoms. The smallest absolute Gasteiger partial charge is 0.274 e. The summed E-state index contributed by atoms with van der Waals surface area (Å²) in [6.07, 6.45) is 1.70. The van der Waals surface area contributed by atoms with Gasteiger partial charge in [0.25, 0.3) is 5.91 Å². The lowest BCUT2D eigenvalue weighted by Gasteiger charge is -2.54. The fraction of sp³-hybridized carbons (Fsp3) is 0.440. The third-order valence-corrected chi connectivity index (χ3v) is 7.05. The van der Waals surface area contributed by atoms with Gasteiger partial charge in [-0.1, -0.05) is 6.07 Å². The van der Waals surface area contributed by atoms with Crippen molar-refractivity contribution in [3.63, 3.8) is 0 Å². The van der Waals surface area contributed by atoms with E-state index in [1.54, 1.807) is 4.90 Å². The molecule has 0 saturated heterocycles. The predicted octanol–water partition coefficient (Wildman–Crippen LogP) is 2.36. The first-order valence-corrected chi connectivity index (χ1v) is 11.5. The highest BCUT2D eigenvalue weighted by Crippen LogP contribution is 2.48. The highest BCUT2D eigenvalue weighted by atomic mass is 19.1. The van der Waals surface area contributed by atoms with Crippen molar-refractivity contribution in [3.8, 4) is 5.75 Å². The Bertz CT molecular complexity index is 1280. The van der Waals surface area contributed by atoms with Crippen molar-refractivity contribution in [1.82, 2.24) is 14.8 Å². The predicted molar refractivity (Wildman–Crippen MR) is 122 cm³/mol. The third kappa shape index (κ3) is 4.11. The lowest BCUT2D eigenvalue weighted by Crippen LogP contribution is -2.63. The van der Waals surface area contributed by atoms with Gasteiger partial charge in [-0.3, -0.25) is 19.2 Å². The highest BCUT2D eigenvalue weighted by molar-refractivity contribution is 6.00. The molecule has 2 N–H and O–H groups in total. The number of ketones is 1. The molecule has 4 rings (SSSR count). The average molecular weight is 488 g/mol. The number of rotatable bonds is 6. The number of benzene rings is 1. The topological polar surface area (TPSA) is 109 Å².